The monoisotopic (exact) mass is 285 g/mol. The number of methoxy groups -OCH3 is 1. The minimum absolute atomic E-state index is 0.0406. The number of hydrogen-bond acceptors (Lipinski definition) is 2. The molecule has 0 radical (unpaired) electrons. The predicted octanol–water partition coefficient (Wildman–Crippen LogP) is 4.06. The van der Waals surface area contributed by atoms with E-state index in [2.05, 4.69) is 4.98 Å². The number of H-pyrrole nitrogens is 1. The molecule has 0 spiro atoms. The summed E-state index contributed by atoms with van der Waals surface area (Å²) in [6.45, 7) is 0. The van der Waals surface area contributed by atoms with Crippen LogP contribution in [0.1, 0.15) is 15.9 Å². The average molecular weight is 286 g/mol. The number of carbonyl (C=O) groups excluding carboxylic acids is 1. The van der Waals surface area contributed by atoms with Gasteiger partial charge in [0.2, 0.25) is 0 Å². The molecule has 20 heavy (non-hydrogen) atoms. The molecule has 3 rings (SSSR count). The van der Waals surface area contributed by atoms with Crippen LogP contribution in [0.15, 0.2) is 48.7 Å². The fourth-order valence-corrected chi connectivity index (χ4v) is 2.43. The number of para-hydroxylation sites is 1. The van der Waals surface area contributed by atoms with Crippen LogP contribution < -0.4 is 4.74 Å². The lowest BCUT2D eigenvalue weighted by Gasteiger charge is -2.02. The fourth-order valence-electron chi connectivity index (χ4n) is 2.20. The molecule has 4 heteroatoms. The number of carbonyl (C=O) groups is 1. The lowest BCUT2D eigenvalue weighted by Crippen LogP contribution is -2.00. The Balaban J connectivity index is 2.06. The van der Waals surface area contributed by atoms with E-state index in [-0.39, 0.29) is 5.78 Å². The average Bonchev–Trinajstić information content (AvgIpc) is 2.92. The van der Waals surface area contributed by atoms with Crippen LogP contribution >= 0.6 is 11.6 Å². The van der Waals surface area contributed by atoms with E-state index in [4.69, 9.17) is 16.3 Å². The van der Waals surface area contributed by atoms with Crippen LogP contribution in [0.4, 0.5) is 0 Å². The van der Waals surface area contributed by atoms with Crippen LogP contribution in [-0.2, 0) is 0 Å². The van der Waals surface area contributed by atoms with Crippen LogP contribution in [0.25, 0.3) is 10.9 Å². The molecule has 0 aliphatic carbocycles. The quantitative estimate of drug-likeness (QED) is 0.737. The van der Waals surface area contributed by atoms with E-state index in [0.29, 0.717) is 16.1 Å². The summed E-state index contributed by atoms with van der Waals surface area (Å²) < 4.78 is 5.09. The lowest BCUT2D eigenvalue weighted by atomic mass is 10.0. The van der Waals surface area contributed by atoms with Crippen molar-refractivity contribution in [1.82, 2.24) is 4.98 Å². The van der Waals surface area contributed by atoms with Gasteiger partial charge in [-0.1, -0.05) is 23.7 Å². The molecule has 0 fully saturated rings. The molecule has 3 aromatic rings. The van der Waals surface area contributed by atoms with Gasteiger partial charge in [0.15, 0.2) is 5.78 Å². The number of fused-ring (bicyclic) bond motifs is 1. The third kappa shape index (κ3) is 2.06. The SMILES string of the molecule is COc1ccc(C(=O)c2c[nH]c3c(Cl)cccc23)cc1. The molecule has 0 amide bonds. The zero-order valence-electron chi connectivity index (χ0n) is 10.8. The molecule has 0 aliphatic heterocycles. The Morgan fingerprint density at radius 1 is 1.15 bits per heavy atom. The first-order valence-electron chi connectivity index (χ1n) is 6.15. The molecule has 1 aromatic heterocycles. The van der Waals surface area contributed by atoms with Gasteiger partial charge in [-0.2, -0.15) is 0 Å². The Labute approximate surface area is 121 Å². The highest BCUT2D eigenvalue weighted by Crippen LogP contribution is 2.27. The van der Waals surface area contributed by atoms with E-state index in [9.17, 15) is 4.79 Å². The molecule has 0 saturated heterocycles. The minimum Gasteiger partial charge on any atom is -0.497 e. The number of aromatic nitrogens is 1. The Morgan fingerprint density at radius 2 is 1.90 bits per heavy atom. The van der Waals surface area contributed by atoms with Crippen molar-refractivity contribution >= 4 is 28.3 Å². The van der Waals surface area contributed by atoms with Gasteiger partial charge in [-0.3, -0.25) is 4.79 Å². The second-order valence-corrected chi connectivity index (χ2v) is 4.83. The molecule has 0 aliphatic rings. The number of ketones is 1. The van der Waals surface area contributed by atoms with Crippen molar-refractivity contribution in [2.45, 2.75) is 0 Å². The number of hydrogen-bond donors (Lipinski definition) is 1. The van der Waals surface area contributed by atoms with E-state index < -0.39 is 0 Å². The van der Waals surface area contributed by atoms with Gasteiger partial charge in [-0.15, -0.1) is 0 Å². The van der Waals surface area contributed by atoms with E-state index in [0.717, 1.165) is 16.7 Å². The van der Waals surface area contributed by atoms with Crippen molar-refractivity contribution in [3.63, 3.8) is 0 Å². The fraction of sp³-hybridized carbons (Fsp3) is 0.0625. The molecular weight excluding hydrogens is 274 g/mol. The van der Waals surface area contributed by atoms with E-state index in [1.807, 2.05) is 12.1 Å². The van der Waals surface area contributed by atoms with E-state index in [1.165, 1.54) is 0 Å². The highest BCUT2D eigenvalue weighted by atomic mass is 35.5. The van der Waals surface area contributed by atoms with Crippen molar-refractivity contribution in [3.8, 4) is 5.75 Å². The Morgan fingerprint density at radius 3 is 2.60 bits per heavy atom. The first-order valence-corrected chi connectivity index (χ1v) is 6.53. The summed E-state index contributed by atoms with van der Waals surface area (Å²) in [5, 5.41) is 1.44. The van der Waals surface area contributed by atoms with Gasteiger partial charge in [0.05, 0.1) is 17.6 Å². The van der Waals surface area contributed by atoms with Crippen LogP contribution in [0.2, 0.25) is 5.02 Å². The third-order valence-electron chi connectivity index (χ3n) is 3.26. The summed E-state index contributed by atoms with van der Waals surface area (Å²) in [6, 6.07) is 12.6. The number of halogens is 1. The first kappa shape index (κ1) is 12.8. The molecule has 0 saturated carbocycles. The van der Waals surface area contributed by atoms with Gasteiger partial charge in [0, 0.05) is 22.7 Å². The zero-order chi connectivity index (χ0) is 14.1. The second kappa shape index (κ2) is 5.02. The van der Waals surface area contributed by atoms with Crippen LogP contribution in [0, 0.1) is 0 Å². The highest BCUT2D eigenvalue weighted by molar-refractivity contribution is 6.35. The number of ether oxygens (including phenoxy) is 1. The van der Waals surface area contributed by atoms with E-state index >= 15 is 0 Å². The zero-order valence-corrected chi connectivity index (χ0v) is 11.6. The molecule has 3 nitrogen and oxygen atoms in total. The smallest absolute Gasteiger partial charge is 0.195 e. The van der Waals surface area contributed by atoms with Gasteiger partial charge in [0.25, 0.3) is 0 Å². The van der Waals surface area contributed by atoms with Crippen LogP contribution in [0.3, 0.4) is 0 Å². The van der Waals surface area contributed by atoms with Crippen molar-refractivity contribution in [2.75, 3.05) is 7.11 Å². The topological polar surface area (TPSA) is 42.1 Å². The molecule has 1 heterocycles. The summed E-state index contributed by atoms with van der Waals surface area (Å²) in [4.78, 5) is 15.6. The molecule has 0 atom stereocenters. The molecule has 1 N–H and O–H groups in total. The first-order chi connectivity index (χ1) is 9.70. The third-order valence-corrected chi connectivity index (χ3v) is 3.58. The predicted molar refractivity (Wildman–Crippen MR) is 79.7 cm³/mol. The largest absolute Gasteiger partial charge is 0.497 e. The summed E-state index contributed by atoms with van der Waals surface area (Å²) in [7, 11) is 1.60. The lowest BCUT2D eigenvalue weighted by molar-refractivity contribution is 0.104. The minimum atomic E-state index is -0.0406. The van der Waals surface area contributed by atoms with Gasteiger partial charge in [0.1, 0.15) is 5.75 Å². The van der Waals surface area contributed by atoms with Crippen LogP contribution in [0.5, 0.6) is 5.75 Å². The Hall–Kier alpha value is -2.26. The Kier molecular flexibility index (Phi) is 3.20. The van der Waals surface area contributed by atoms with Gasteiger partial charge in [-0.25, -0.2) is 0 Å². The van der Waals surface area contributed by atoms with Crippen molar-refractivity contribution < 1.29 is 9.53 Å². The normalized spacial score (nSPS) is 10.7. The molecule has 100 valence electrons. The summed E-state index contributed by atoms with van der Waals surface area (Å²) in [6.07, 6.45) is 1.70. The second-order valence-electron chi connectivity index (χ2n) is 4.42. The number of aromatic amines is 1. The maximum absolute atomic E-state index is 12.5. The number of rotatable bonds is 3. The van der Waals surface area contributed by atoms with Crippen molar-refractivity contribution in [2.24, 2.45) is 0 Å². The van der Waals surface area contributed by atoms with Crippen molar-refractivity contribution in [3.05, 3.63) is 64.8 Å². The highest BCUT2D eigenvalue weighted by Gasteiger charge is 2.15. The van der Waals surface area contributed by atoms with Gasteiger partial charge in [-0.05, 0) is 30.3 Å². The molecule has 0 unspecified atom stereocenters. The number of benzene rings is 2. The van der Waals surface area contributed by atoms with Crippen molar-refractivity contribution in [1.29, 1.82) is 0 Å². The molecular formula is C16H12ClNO2. The van der Waals surface area contributed by atoms with E-state index in [1.54, 1.807) is 43.6 Å². The standard InChI is InChI=1S/C16H12ClNO2/c1-20-11-7-5-10(6-8-11)16(19)13-9-18-15-12(13)3-2-4-14(15)17/h2-9,18H,1H3. The molecule has 2 aromatic carbocycles. The maximum Gasteiger partial charge on any atom is 0.195 e. The van der Waals surface area contributed by atoms with Gasteiger partial charge < -0.3 is 9.72 Å². The Bertz CT molecular complexity index is 775. The number of nitrogens with one attached hydrogen (secondary N) is 1. The van der Waals surface area contributed by atoms with Gasteiger partial charge >= 0.3 is 0 Å². The van der Waals surface area contributed by atoms with Crippen LogP contribution in [-0.4, -0.2) is 17.9 Å². The molecule has 0 bridgehead atoms. The maximum atomic E-state index is 12.5. The summed E-state index contributed by atoms with van der Waals surface area (Å²) in [5.41, 5.74) is 2.02. The summed E-state index contributed by atoms with van der Waals surface area (Å²) in [5.74, 6) is 0.685. The summed E-state index contributed by atoms with van der Waals surface area (Å²) >= 11 is 6.10.